The first kappa shape index (κ1) is 24.9. The summed E-state index contributed by atoms with van der Waals surface area (Å²) in [7, 11) is 1.82. The lowest BCUT2D eigenvalue weighted by atomic mass is 10.1. The number of nitrogens with one attached hydrogen (secondary N) is 2. The molecule has 0 atom stereocenters. The van der Waals surface area contributed by atoms with E-state index in [1.54, 1.807) is 52.2 Å². The molecule has 5 rings (SSSR count). The Kier molecular flexibility index (Phi) is 7.83. The van der Waals surface area contributed by atoms with Crippen molar-refractivity contribution in [1.29, 1.82) is 0 Å². The molecular weight excluding hydrogens is 489 g/mol. The lowest BCUT2D eigenvalue weighted by molar-refractivity contribution is 0.0985. The molecule has 35 heavy (non-hydrogen) atoms. The highest BCUT2D eigenvalue weighted by Gasteiger charge is 2.27. The number of aryl methyl sites for hydroxylation is 1. The van der Waals surface area contributed by atoms with Gasteiger partial charge in [-0.05, 0) is 35.9 Å². The number of anilines is 3. The summed E-state index contributed by atoms with van der Waals surface area (Å²) in [5, 5.41) is 19.4. The maximum absolute atomic E-state index is 13.4. The van der Waals surface area contributed by atoms with Crippen molar-refractivity contribution in [2.24, 2.45) is 7.05 Å². The zero-order chi connectivity index (χ0) is 24.9. The van der Waals surface area contributed by atoms with Crippen LogP contribution in [-0.2, 0) is 20.1 Å². The van der Waals surface area contributed by atoms with Gasteiger partial charge in [0.25, 0.3) is 5.91 Å². The van der Waals surface area contributed by atoms with E-state index in [0.29, 0.717) is 39.1 Å². The minimum absolute atomic E-state index is 0.0522. The molecule has 2 amide bonds. The van der Waals surface area contributed by atoms with E-state index in [0.717, 1.165) is 11.4 Å². The van der Waals surface area contributed by atoms with E-state index in [-0.39, 0.29) is 12.5 Å². The highest BCUT2D eigenvalue weighted by atomic mass is 35.5. The minimum Gasteiger partial charge on any atom is -0.465 e. The van der Waals surface area contributed by atoms with Crippen molar-refractivity contribution < 1.29 is 14.7 Å². The number of carbonyl (C=O) groups is 2. The Hall–Kier alpha value is -3.23. The summed E-state index contributed by atoms with van der Waals surface area (Å²) >= 11 is 12.5. The van der Waals surface area contributed by atoms with Crippen LogP contribution in [0.2, 0.25) is 10.0 Å². The standard InChI is InChI=1S/C20H17Cl2N5O3.C5H10/c1-26-18-13(9-24-26)10-27(17-5-4-14(21)7-16(17)25-18)19(28)11-2-3-12(15(22)6-11)8-23-20(29)30;1-2-4-5-3-1/h2-7,9,23,25H,8,10H2,1H3,(H,29,30);1-5H2. The average Bonchev–Trinajstić information content (AvgIpc) is 3.49. The second-order valence-electron chi connectivity index (χ2n) is 8.55. The van der Waals surface area contributed by atoms with Crippen LogP contribution in [0.25, 0.3) is 0 Å². The van der Waals surface area contributed by atoms with Crippen LogP contribution in [0.5, 0.6) is 0 Å². The first-order valence-corrected chi connectivity index (χ1v) is 12.2. The molecule has 3 N–H and O–H groups in total. The molecule has 1 aliphatic carbocycles. The quantitative estimate of drug-likeness (QED) is 0.377. The predicted octanol–water partition coefficient (Wildman–Crippen LogP) is 6.35. The number of hydrogen-bond donors (Lipinski definition) is 3. The van der Waals surface area contributed by atoms with Crippen LogP contribution in [0.1, 0.15) is 53.6 Å². The van der Waals surface area contributed by atoms with Crippen LogP contribution in [0.4, 0.5) is 22.0 Å². The number of rotatable bonds is 3. The van der Waals surface area contributed by atoms with E-state index >= 15 is 0 Å². The van der Waals surface area contributed by atoms with Gasteiger partial charge in [-0.2, -0.15) is 5.10 Å². The van der Waals surface area contributed by atoms with Gasteiger partial charge in [0, 0.05) is 34.8 Å². The van der Waals surface area contributed by atoms with E-state index in [2.05, 4.69) is 15.7 Å². The van der Waals surface area contributed by atoms with Crippen molar-refractivity contribution in [1.82, 2.24) is 15.1 Å². The highest BCUT2D eigenvalue weighted by Crippen LogP contribution is 2.38. The number of halogens is 2. The number of carbonyl (C=O) groups excluding carboxylic acids is 1. The normalized spacial score (nSPS) is 14.1. The third-order valence-corrected chi connectivity index (χ3v) is 6.66. The Balaban J connectivity index is 0.000000514. The molecule has 184 valence electrons. The van der Waals surface area contributed by atoms with Crippen LogP contribution in [-0.4, -0.2) is 26.9 Å². The molecule has 1 aromatic heterocycles. The van der Waals surface area contributed by atoms with Crippen LogP contribution < -0.4 is 15.5 Å². The smallest absolute Gasteiger partial charge is 0.404 e. The Labute approximate surface area is 213 Å². The van der Waals surface area contributed by atoms with Crippen molar-refractivity contribution in [3.63, 3.8) is 0 Å². The average molecular weight is 516 g/mol. The molecule has 1 fully saturated rings. The summed E-state index contributed by atoms with van der Waals surface area (Å²) in [5.74, 6) is 0.527. The molecule has 1 aliphatic heterocycles. The Morgan fingerprint density at radius 2 is 1.80 bits per heavy atom. The molecule has 0 radical (unpaired) electrons. The van der Waals surface area contributed by atoms with Crippen LogP contribution in [0.15, 0.2) is 42.6 Å². The molecule has 0 bridgehead atoms. The number of nitrogens with zero attached hydrogens (tertiary/aromatic N) is 3. The third-order valence-electron chi connectivity index (χ3n) is 6.07. The summed E-state index contributed by atoms with van der Waals surface area (Å²) in [6.45, 7) is 0.361. The number of amides is 2. The summed E-state index contributed by atoms with van der Waals surface area (Å²) < 4.78 is 1.70. The van der Waals surface area contributed by atoms with Crippen molar-refractivity contribution in [3.05, 3.63) is 69.3 Å². The van der Waals surface area contributed by atoms with Gasteiger partial charge < -0.3 is 20.6 Å². The molecule has 2 heterocycles. The first-order chi connectivity index (χ1) is 16.8. The number of carboxylic acid groups (broad SMARTS) is 1. The molecule has 0 unspecified atom stereocenters. The van der Waals surface area contributed by atoms with Gasteiger partial charge in [0.15, 0.2) is 0 Å². The SMILES string of the molecule is C1CCCC1.Cn1ncc2c1Nc1cc(Cl)ccc1N(C(=O)c1ccc(CNC(=O)O)c(Cl)c1)C2. The number of benzene rings is 2. The van der Waals surface area contributed by atoms with Gasteiger partial charge in [-0.25, -0.2) is 4.79 Å². The third kappa shape index (κ3) is 5.89. The van der Waals surface area contributed by atoms with Crippen LogP contribution >= 0.6 is 23.2 Å². The second kappa shape index (κ2) is 11.0. The van der Waals surface area contributed by atoms with E-state index < -0.39 is 6.09 Å². The lowest BCUT2D eigenvalue weighted by Crippen LogP contribution is -2.30. The van der Waals surface area contributed by atoms with Gasteiger partial charge in [-0.1, -0.05) is 61.4 Å². The van der Waals surface area contributed by atoms with Gasteiger partial charge in [0.05, 0.1) is 24.1 Å². The predicted molar refractivity (Wildman–Crippen MR) is 138 cm³/mol. The molecule has 3 aromatic rings. The summed E-state index contributed by atoms with van der Waals surface area (Å²) in [6.07, 6.45) is 8.06. The minimum atomic E-state index is -1.15. The fourth-order valence-corrected chi connectivity index (χ4v) is 4.62. The van der Waals surface area contributed by atoms with Gasteiger partial charge in [-0.15, -0.1) is 0 Å². The molecule has 0 saturated heterocycles. The molecular formula is C25H27Cl2N5O3. The van der Waals surface area contributed by atoms with Gasteiger partial charge in [0.2, 0.25) is 0 Å². The summed E-state index contributed by atoms with van der Waals surface area (Å²) in [5.41, 5.74) is 3.17. The Morgan fingerprint density at radius 1 is 1.09 bits per heavy atom. The zero-order valence-corrected chi connectivity index (χ0v) is 20.9. The fraction of sp³-hybridized carbons (Fsp3) is 0.320. The highest BCUT2D eigenvalue weighted by molar-refractivity contribution is 6.32. The maximum atomic E-state index is 13.4. The first-order valence-electron chi connectivity index (χ1n) is 11.5. The monoisotopic (exact) mass is 515 g/mol. The van der Waals surface area contributed by atoms with E-state index in [1.807, 2.05) is 7.05 Å². The zero-order valence-electron chi connectivity index (χ0n) is 19.4. The van der Waals surface area contributed by atoms with Crippen LogP contribution in [0.3, 0.4) is 0 Å². The van der Waals surface area contributed by atoms with Crippen molar-refractivity contribution in [2.75, 3.05) is 10.2 Å². The van der Waals surface area contributed by atoms with Crippen molar-refractivity contribution in [2.45, 2.75) is 45.2 Å². The largest absolute Gasteiger partial charge is 0.465 e. The topological polar surface area (TPSA) is 99.5 Å². The maximum Gasteiger partial charge on any atom is 0.404 e. The van der Waals surface area contributed by atoms with E-state index in [1.165, 1.54) is 32.1 Å². The second-order valence-corrected chi connectivity index (χ2v) is 9.40. The summed E-state index contributed by atoms with van der Waals surface area (Å²) in [4.78, 5) is 25.8. The molecule has 0 spiro atoms. The fourth-order valence-electron chi connectivity index (χ4n) is 4.20. The number of fused-ring (bicyclic) bond motifs is 2. The number of hydrogen-bond acceptors (Lipinski definition) is 4. The molecule has 2 aromatic carbocycles. The van der Waals surface area contributed by atoms with Crippen molar-refractivity contribution >= 4 is 52.4 Å². The lowest BCUT2D eigenvalue weighted by Gasteiger charge is -2.23. The molecule has 2 aliphatic rings. The Bertz CT molecular complexity index is 1230. The van der Waals surface area contributed by atoms with Crippen molar-refractivity contribution in [3.8, 4) is 0 Å². The van der Waals surface area contributed by atoms with E-state index in [9.17, 15) is 9.59 Å². The van der Waals surface area contributed by atoms with Gasteiger partial charge >= 0.3 is 6.09 Å². The number of aromatic nitrogens is 2. The van der Waals surface area contributed by atoms with E-state index in [4.69, 9.17) is 28.3 Å². The molecule has 8 nitrogen and oxygen atoms in total. The Morgan fingerprint density at radius 3 is 2.46 bits per heavy atom. The van der Waals surface area contributed by atoms with Crippen LogP contribution in [0, 0.1) is 0 Å². The van der Waals surface area contributed by atoms with Gasteiger partial charge in [-0.3, -0.25) is 9.48 Å². The summed E-state index contributed by atoms with van der Waals surface area (Å²) in [6, 6.07) is 10.1. The van der Waals surface area contributed by atoms with Gasteiger partial charge in [0.1, 0.15) is 5.82 Å². The molecule has 10 heteroatoms. The molecule has 1 saturated carbocycles.